The van der Waals surface area contributed by atoms with Crippen LogP contribution in [0.15, 0.2) is 30.3 Å². The maximum atomic E-state index is 6.84. The molecule has 0 aromatic heterocycles. The number of hydrogen-bond donors (Lipinski definition) is 0. The van der Waals surface area contributed by atoms with Gasteiger partial charge in [0.05, 0.1) is 0 Å². The van der Waals surface area contributed by atoms with Gasteiger partial charge in [-0.3, -0.25) is 0 Å². The van der Waals surface area contributed by atoms with E-state index >= 15 is 0 Å². The minimum atomic E-state index is -2.22. The van der Waals surface area contributed by atoms with E-state index in [0.29, 0.717) is 0 Å². The highest BCUT2D eigenvalue weighted by atomic mass is 35.6. The third-order valence-corrected chi connectivity index (χ3v) is 7.49. The van der Waals surface area contributed by atoms with Crippen molar-refractivity contribution in [2.24, 2.45) is 0 Å². The van der Waals surface area contributed by atoms with E-state index in [0.717, 1.165) is 19.1 Å². The van der Waals surface area contributed by atoms with Crippen molar-refractivity contribution < 1.29 is 4.43 Å². The van der Waals surface area contributed by atoms with E-state index in [9.17, 15) is 0 Å². The molecule has 1 atom stereocenters. The fourth-order valence-electron chi connectivity index (χ4n) is 2.03. The summed E-state index contributed by atoms with van der Waals surface area (Å²) in [6.07, 6.45) is 6.04. The molecule has 0 fully saturated rings. The van der Waals surface area contributed by atoms with Gasteiger partial charge in [0.2, 0.25) is 0 Å². The maximum Gasteiger partial charge on any atom is 0.322 e. The first-order chi connectivity index (χ1) is 8.73. The summed E-state index contributed by atoms with van der Waals surface area (Å²) in [5.41, 5.74) is 0. The quantitative estimate of drug-likeness (QED) is 0.366. The number of rotatable bonds is 9. The van der Waals surface area contributed by atoms with E-state index in [-0.39, 0.29) is 0 Å². The van der Waals surface area contributed by atoms with Crippen LogP contribution >= 0.6 is 11.1 Å². The Bertz CT molecular complexity index is 318. The molecule has 18 heavy (non-hydrogen) atoms. The molecule has 1 unspecified atom stereocenters. The van der Waals surface area contributed by atoms with Gasteiger partial charge < -0.3 is 4.43 Å². The Balaban J connectivity index is 2.63. The molecule has 3 heteroatoms. The molecule has 0 saturated heterocycles. The summed E-state index contributed by atoms with van der Waals surface area (Å²) in [6, 6.07) is 11.4. The molecule has 0 aliphatic heterocycles. The third kappa shape index (κ3) is 5.13. The topological polar surface area (TPSA) is 9.23 Å². The summed E-state index contributed by atoms with van der Waals surface area (Å²) in [5.74, 6) is 0. The van der Waals surface area contributed by atoms with Crippen LogP contribution in [0.3, 0.4) is 0 Å². The highest BCUT2D eigenvalue weighted by Crippen LogP contribution is 2.21. The van der Waals surface area contributed by atoms with Crippen molar-refractivity contribution >= 4 is 23.9 Å². The van der Waals surface area contributed by atoms with Crippen LogP contribution < -0.4 is 5.19 Å². The zero-order valence-corrected chi connectivity index (χ0v) is 13.4. The molecule has 1 aromatic carbocycles. The third-order valence-electron chi connectivity index (χ3n) is 3.09. The van der Waals surface area contributed by atoms with Gasteiger partial charge in [0, 0.05) is 6.61 Å². The number of halogens is 1. The smallest absolute Gasteiger partial charge is 0.322 e. The standard InChI is InChI=1S/C15H25ClOSi/c1-3-5-6-10-14-18(16,17-13-4-2)15-11-8-7-9-12-15/h7-9,11-12H,3-6,10,13-14H2,1-2H3. The van der Waals surface area contributed by atoms with Gasteiger partial charge in [-0.1, -0.05) is 69.9 Å². The van der Waals surface area contributed by atoms with E-state index in [4.69, 9.17) is 15.5 Å². The summed E-state index contributed by atoms with van der Waals surface area (Å²) in [4.78, 5) is 0. The Morgan fingerprint density at radius 3 is 2.33 bits per heavy atom. The monoisotopic (exact) mass is 284 g/mol. The van der Waals surface area contributed by atoms with E-state index < -0.39 is 7.63 Å². The Kier molecular flexibility index (Phi) is 7.64. The van der Waals surface area contributed by atoms with Crippen LogP contribution in [-0.2, 0) is 4.43 Å². The minimum Gasteiger partial charge on any atom is -0.400 e. The molecule has 0 heterocycles. The van der Waals surface area contributed by atoms with E-state index in [1.165, 1.54) is 30.9 Å². The Morgan fingerprint density at radius 2 is 1.72 bits per heavy atom. The molecular formula is C15H25ClOSi. The predicted molar refractivity (Wildman–Crippen MR) is 82.9 cm³/mol. The normalized spacial score (nSPS) is 14.4. The average molecular weight is 285 g/mol. The summed E-state index contributed by atoms with van der Waals surface area (Å²) >= 11 is 6.84. The molecule has 1 nitrogen and oxygen atoms in total. The fourth-order valence-corrected chi connectivity index (χ4v) is 5.56. The molecule has 0 bridgehead atoms. The van der Waals surface area contributed by atoms with E-state index in [1.807, 2.05) is 6.07 Å². The first-order valence-electron chi connectivity index (χ1n) is 7.11. The second kappa shape index (κ2) is 8.73. The van der Waals surface area contributed by atoms with Gasteiger partial charge in [0.15, 0.2) is 0 Å². The molecule has 0 saturated carbocycles. The lowest BCUT2D eigenvalue weighted by molar-refractivity contribution is 0.318. The lowest BCUT2D eigenvalue weighted by Crippen LogP contribution is -2.45. The highest BCUT2D eigenvalue weighted by molar-refractivity contribution is 7.23. The molecule has 1 rings (SSSR count). The molecule has 0 aliphatic rings. The fraction of sp³-hybridized carbons (Fsp3) is 0.600. The van der Waals surface area contributed by atoms with Gasteiger partial charge in [0.1, 0.15) is 0 Å². The second-order valence-electron chi connectivity index (χ2n) is 4.75. The lowest BCUT2D eigenvalue weighted by Gasteiger charge is -2.25. The van der Waals surface area contributed by atoms with Gasteiger partial charge >= 0.3 is 7.63 Å². The lowest BCUT2D eigenvalue weighted by atomic mass is 10.2. The summed E-state index contributed by atoms with van der Waals surface area (Å²) in [6.45, 7) is 5.14. The van der Waals surface area contributed by atoms with Crippen molar-refractivity contribution in [3.63, 3.8) is 0 Å². The van der Waals surface area contributed by atoms with Gasteiger partial charge in [-0.25, -0.2) is 0 Å². The highest BCUT2D eigenvalue weighted by Gasteiger charge is 2.34. The van der Waals surface area contributed by atoms with E-state index in [1.54, 1.807) is 0 Å². The molecule has 102 valence electrons. The van der Waals surface area contributed by atoms with Crippen molar-refractivity contribution in [3.8, 4) is 0 Å². The number of hydrogen-bond acceptors (Lipinski definition) is 1. The van der Waals surface area contributed by atoms with Crippen molar-refractivity contribution in [2.45, 2.75) is 52.0 Å². The molecule has 0 spiro atoms. The average Bonchev–Trinajstić information content (AvgIpc) is 2.42. The molecule has 0 amide bonds. The predicted octanol–water partition coefficient (Wildman–Crippen LogP) is 4.58. The largest absolute Gasteiger partial charge is 0.400 e. The first-order valence-corrected chi connectivity index (χ1v) is 10.2. The van der Waals surface area contributed by atoms with Crippen LogP contribution in [-0.4, -0.2) is 14.2 Å². The number of benzene rings is 1. The Hall–Kier alpha value is -0.313. The maximum absolute atomic E-state index is 6.84. The summed E-state index contributed by atoms with van der Waals surface area (Å²) in [7, 11) is -2.22. The van der Waals surface area contributed by atoms with E-state index in [2.05, 4.69) is 38.1 Å². The van der Waals surface area contributed by atoms with Gasteiger partial charge in [-0.2, -0.15) is 0 Å². The molecule has 0 aliphatic carbocycles. The van der Waals surface area contributed by atoms with Crippen molar-refractivity contribution in [3.05, 3.63) is 30.3 Å². The van der Waals surface area contributed by atoms with Crippen LogP contribution in [0.25, 0.3) is 0 Å². The zero-order valence-electron chi connectivity index (χ0n) is 11.6. The van der Waals surface area contributed by atoms with Gasteiger partial charge in [-0.15, -0.1) is 11.1 Å². The van der Waals surface area contributed by atoms with Crippen LogP contribution in [0.5, 0.6) is 0 Å². The molecular weight excluding hydrogens is 260 g/mol. The van der Waals surface area contributed by atoms with Crippen LogP contribution in [0.1, 0.15) is 46.0 Å². The molecule has 1 aromatic rings. The van der Waals surface area contributed by atoms with Crippen LogP contribution in [0.4, 0.5) is 0 Å². The minimum absolute atomic E-state index is 0.776. The van der Waals surface area contributed by atoms with Gasteiger partial charge in [-0.05, 0) is 17.7 Å². The second-order valence-corrected chi connectivity index (χ2v) is 9.41. The Labute approximate surface area is 117 Å². The van der Waals surface area contributed by atoms with Crippen molar-refractivity contribution in [1.29, 1.82) is 0 Å². The van der Waals surface area contributed by atoms with Crippen LogP contribution in [0, 0.1) is 0 Å². The molecule has 0 N–H and O–H groups in total. The van der Waals surface area contributed by atoms with Crippen molar-refractivity contribution in [2.75, 3.05) is 6.61 Å². The van der Waals surface area contributed by atoms with Crippen LogP contribution in [0.2, 0.25) is 6.04 Å². The Morgan fingerprint density at radius 1 is 1.00 bits per heavy atom. The summed E-state index contributed by atoms with van der Waals surface area (Å²) in [5, 5.41) is 1.22. The molecule has 0 radical (unpaired) electrons. The first kappa shape index (κ1) is 15.7. The zero-order chi connectivity index (χ0) is 13.3. The SMILES string of the molecule is CCCCCC[Si](Cl)(OCCC)c1ccccc1. The number of unbranched alkanes of at least 4 members (excludes halogenated alkanes) is 3. The van der Waals surface area contributed by atoms with Gasteiger partial charge in [0.25, 0.3) is 0 Å². The summed E-state index contributed by atoms with van der Waals surface area (Å²) < 4.78 is 6.05. The van der Waals surface area contributed by atoms with Crippen molar-refractivity contribution in [1.82, 2.24) is 0 Å².